The number of furan rings is 2. The van der Waals surface area contributed by atoms with Crippen LogP contribution in [0.5, 0.6) is 0 Å². The van der Waals surface area contributed by atoms with Crippen molar-refractivity contribution in [1.82, 2.24) is 34.9 Å². The first kappa shape index (κ1) is 76.1. The molecular weight excluding hydrogens is 1580 g/mol. The number of rotatable bonds is 14. The van der Waals surface area contributed by atoms with E-state index in [2.05, 4.69) is 370 Å². The molecule has 0 bridgehead atoms. The van der Waals surface area contributed by atoms with Gasteiger partial charge in [-0.15, -0.1) is 0 Å². The summed E-state index contributed by atoms with van der Waals surface area (Å²) >= 11 is 0. The first-order valence-electron chi connectivity index (χ1n) is 43.8. The molecule has 0 aliphatic carbocycles. The highest BCUT2D eigenvalue weighted by Gasteiger charge is 2.26. The summed E-state index contributed by atoms with van der Waals surface area (Å²) in [6, 6.07) is 159. The minimum absolute atomic E-state index is 0.633. The van der Waals surface area contributed by atoms with Gasteiger partial charge < -0.3 is 8.83 Å². The van der Waals surface area contributed by atoms with Crippen molar-refractivity contribution in [3.63, 3.8) is 0 Å². The molecule has 0 aliphatic rings. The Morgan fingerprint density at radius 1 is 0.146 bits per heavy atom. The summed E-state index contributed by atoms with van der Waals surface area (Å²) in [7, 11) is 0. The summed E-state index contributed by atoms with van der Waals surface area (Å²) in [5, 5.41) is 13.2. The highest BCUT2D eigenvalue weighted by atomic mass is 16.3. The summed E-state index contributed by atoms with van der Waals surface area (Å²) in [5.74, 6) is 2.56. The molecule has 0 N–H and O–H groups in total. The number of pyridine rings is 2. The number of benzene rings is 19. The van der Waals surface area contributed by atoms with Crippen molar-refractivity contribution in [2.45, 2.75) is 0 Å². The van der Waals surface area contributed by atoms with Crippen LogP contribution in [0.1, 0.15) is 0 Å². The summed E-state index contributed by atoms with van der Waals surface area (Å²) in [6.07, 6.45) is 0. The van der Waals surface area contributed by atoms with Crippen LogP contribution in [-0.4, -0.2) is 34.9 Å². The maximum Gasteiger partial charge on any atom is 0.164 e. The van der Waals surface area contributed by atoms with E-state index in [9.17, 15) is 0 Å². The highest BCUT2D eigenvalue weighted by Crippen LogP contribution is 2.50. The molecule has 0 unspecified atom stereocenters. The Labute approximate surface area is 749 Å². The van der Waals surface area contributed by atoms with Crippen molar-refractivity contribution in [3.8, 4) is 157 Å². The van der Waals surface area contributed by atoms with E-state index >= 15 is 0 Å². The van der Waals surface area contributed by atoms with Crippen molar-refractivity contribution in [2.75, 3.05) is 0 Å². The van der Waals surface area contributed by atoms with Crippen molar-refractivity contribution in [3.05, 3.63) is 455 Å². The Morgan fingerprint density at radius 3 is 0.931 bits per heavy atom. The molecule has 0 spiro atoms. The predicted molar refractivity (Wildman–Crippen MR) is 536 cm³/mol. The number of hydrogen-bond acceptors (Lipinski definition) is 9. The standard InChI is InChI=1S/C65H41N3O.C56H34N4O/c1-4-18-42(19-5-1)45-24-14-28-49(36-45)57-41-58(50-29-15-25-46(37-50)43-20-6-2-7-21-43)68-65(67-57)52-31-17-27-48(39-52)47-26-16-30-51(38-47)64-55-40-60-63(54-33-11-13-35-59(54)69-60)61(44-22-8-3-9-23-44)62(55)53-32-10-12-34-56(53)66-64;1-4-16-36(17-5-1)50-51-44-24-12-14-26-47(44)57-53(46(51)34-49-52(50)45-25-13-15-27-48(45)61-49)37-30-28-35(29-31-37)40-32-33-43(42-23-11-10-22-41(40)42)56-59-54(38-18-6-2-7-19-38)58-55(60-56)39-20-8-3-9-21-39/h1-41H;1-34H. The molecule has 0 saturated heterocycles. The molecule has 606 valence electrons. The Kier molecular flexibility index (Phi) is 19.1. The minimum Gasteiger partial charge on any atom is -0.456 e. The van der Waals surface area contributed by atoms with Crippen LogP contribution in [0.25, 0.3) is 255 Å². The van der Waals surface area contributed by atoms with E-state index in [0.29, 0.717) is 23.3 Å². The van der Waals surface area contributed by atoms with Crippen LogP contribution in [-0.2, 0) is 0 Å². The van der Waals surface area contributed by atoms with E-state index in [4.69, 9.17) is 43.7 Å². The second kappa shape index (κ2) is 32.5. The van der Waals surface area contributed by atoms with Gasteiger partial charge in [-0.25, -0.2) is 34.9 Å². The monoisotopic (exact) mass is 1660 g/mol. The van der Waals surface area contributed by atoms with Gasteiger partial charge in [-0.2, -0.15) is 0 Å². The number of para-hydroxylation sites is 4. The first-order chi connectivity index (χ1) is 64.4. The van der Waals surface area contributed by atoms with Gasteiger partial charge in [0.15, 0.2) is 23.3 Å². The van der Waals surface area contributed by atoms with Crippen LogP contribution in [0.3, 0.4) is 0 Å². The fourth-order valence-electron chi connectivity index (χ4n) is 18.9. The number of hydrogen-bond donors (Lipinski definition) is 0. The van der Waals surface area contributed by atoms with Gasteiger partial charge in [0, 0.05) is 109 Å². The van der Waals surface area contributed by atoms with Gasteiger partial charge in [-0.05, 0) is 139 Å². The predicted octanol–water partition coefficient (Wildman–Crippen LogP) is 32.0. The molecule has 6 heterocycles. The summed E-state index contributed by atoms with van der Waals surface area (Å²) in [5.41, 5.74) is 30.2. The molecule has 0 fully saturated rings. The van der Waals surface area contributed by atoms with Crippen LogP contribution in [0.4, 0.5) is 0 Å². The van der Waals surface area contributed by atoms with Crippen LogP contribution in [0.2, 0.25) is 0 Å². The van der Waals surface area contributed by atoms with Gasteiger partial charge in [0.1, 0.15) is 22.3 Å². The van der Waals surface area contributed by atoms with Crippen molar-refractivity contribution in [2.24, 2.45) is 0 Å². The van der Waals surface area contributed by atoms with Crippen LogP contribution >= 0.6 is 0 Å². The third-order valence-electron chi connectivity index (χ3n) is 25.0. The maximum atomic E-state index is 6.66. The maximum absolute atomic E-state index is 6.66. The normalized spacial score (nSPS) is 11.5. The molecule has 0 aliphatic heterocycles. The van der Waals surface area contributed by atoms with Gasteiger partial charge in [-0.1, -0.05) is 382 Å². The SMILES string of the molecule is c1ccc(-c2cccc(-c3cc(-c4cccc(-c5ccccc5)c4)nc(-c4cccc(-c5cccc(-c6nc7ccccc7c7c(-c8ccccc8)c8c(cc67)oc6ccccc68)c5)c4)n3)c2)cc1.c1ccc(-c2nc(-c3ccccc3)nc(-c3ccc(-c4ccc(-c5nc6ccccc6c6c(-c7ccccc7)c7c(cc56)oc5ccccc57)cc4)c4ccccc34)n2)cc1. The van der Waals surface area contributed by atoms with Crippen molar-refractivity contribution < 1.29 is 8.83 Å². The van der Waals surface area contributed by atoms with E-state index < -0.39 is 0 Å². The molecule has 9 nitrogen and oxygen atoms in total. The van der Waals surface area contributed by atoms with Crippen molar-refractivity contribution >= 4 is 98.0 Å². The Bertz CT molecular complexity index is 8550. The van der Waals surface area contributed by atoms with Gasteiger partial charge in [0.2, 0.25) is 0 Å². The van der Waals surface area contributed by atoms with E-state index in [1.165, 1.54) is 5.39 Å². The van der Waals surface area contributed by atoms with Gasteiger partial charge >= 0.3 is 0 Å². The zero-order valence-corrected chi connectivity index (χ0v) is 70.2. The minimum atomic E-state index is 0.633. The van der Waals surface area contributed by atoms with E-state index in [0.717, 1.165) is 227 Å². The van der Waals surface area contributed by atoms with Crippen LogP contribution in [0.15, 0.2) is 464 Å². The van der Waals surface area contributed by atoms with Gasteiger partial charge in [0.05, 0.1) is 33.8 Å². The lowest BCUT2D eigenvalue weighted by atomic mass is 9.89. The number of nitrogens with zero attached hydrogens (tertiary/aromatic N) is 7. The van der Waals surface area contributed by atoms with Crippen LogP contribution in [0, 0.1) is 0 Å². The Morgan fingerprint density at radius 2 is 0.462 bits per heavy atom. The van der Waals surface area contributed by atoms with Gasteiger partial charge in [0.25, 0.3) is 0 Å². The molecule has 0 saturated carbocycles. The Balaban J connectivity index is 0.000000145. The lowest BCUT2D eigenvalue weighted by molar-refractivity contribution is 0.669. The lowest BCUT2D eigenvalue weighted by Crippen LogP contribution is -2.00. The third-order valence-corrected chi connectivity index (χ3v) is 25.0. The second-order valence-corrected chi connectivity index (χ2v) is 32.8. The molecule has 0 radical (unpaired) electrons. The quantitative estimate of drug-likeness (QED) is 0.0981. The largest absolute Gasteiger partial charge is 0.456 e. The Hall–Kier alpha value is -17.5. The molecule has 25 rings (SSSR count). The zero-order chi connectivity index (χ0) is 86.0. The first-order valence-corrected chi connectivity index (χ1v) is 43.8. The average Bonchev–Trinajstić information content (AvgIpc) is 1.51. The van der Waals surface area contributed by atoms with E-state index in [1.54, 1.807) is 0 Å². The number of aromatic nitrogens is 7. The summed E-state index contributed by atoms with van der Waals surface area (Å²) in [6.45, 7) is 0. The van der Waals surface area contributed by atoms with E-state index in [1.807, 2.05) is 84.9 Å². The summed E-state index contributed by atoms with van der Waals surface area (Å²) in [4.78, 5) is 36.5. The smallest absolute Gasteiger partial charge is 0.164 e. The lowest BCUT2D eigenvalue weighted by Gasteiger charge is -2.16. The molecule has 6 aromatic heterocycles. The number of fused-ring (bicyclic) bond motifs is 13. The molecule has 0 atom stereocenters. The molecular formula is C121H75N7O2. The van der Waals surface area contributed by atoms with Gasteiger partial charge in [-0.3, -0.25) is 0 Å². The molecule has 25 aromatic rings. The summed E-state index contributed by atoms with van der Waals surface area (Å²) < 4.78 is 13.3. The molecule has 19 aromatic carbocycles. The van der Waals surface area contributed by atoms with E-state index in [-0.39, 0.29) is 0 Å². The van der Waals surface area contributed by atoms with Crippen LogP contribution < -0.4 is 0 Å². The fraction of sp³-hybridized carbons (Fsp3) is 0. The zero-order valence-electron chi connectivity index (χ0n) is 70.2. The second-order valence-electron chi connectivity index (χ2n) is 32.8. The molecule has 130 heavy (non-hydrogen) atoms. The fourth-order valence-corrected chi connectivity index (χ4v) is 18.9. The highest BCUT2D eigenvalue weighted by molar-refractivity contribution is 6.30. The molecule has 0 amide bonds. The molecule has 9 heteroatoms. The van der Waals surface area contributed by atoms with Crippen molar-refractivity contribution in [1.29, 1.82) is 0 Å². The topological polar surface area (TPSA) is 117 Å². The third kappa shape index (κ3) is 13.9. The average molecular weight is 1660 g/mol.